The minimum atomic E-state index is 0.979. The summed E-state index contributed by atoms with van der Waals surface area (Å²) in [4.78, 5) is 4.14. The number of nitrogens with one attached hydrogen (secondary N) is 2. The van der Waals surface area contributed by atoms with Gasteiger partial charge in [-0.2, -0.15) is 0 Å². The number of rotatable bonds is 5. The molecule has 0 aliphatic carbocycles. The van der Waals surface area contributed by atoms with Gasteiger partial charge in [-0.1, -0.05) is 6.92 Å². The normalized spacial score (nSPS) is 10.3. The average molecular weight is 194 g/mol. The fraction of sp³-hybridized carbons (Fsp3) is 0.500. The summed E-state index contributed by atoms with van der Waals surface area (Å²) in [6.45, 7) is 3.12. The van der Waals surface area contributed by atoms with Gasteiger partial charge in [-0.15, -0.1) is 0 Å². The SMILES string of the molecule is CCCNc1cncc(NN(C)C)c1. The van der Waals surface area contributed by atoms with E-state index in [1.807, 2.05) is 31.4 Å². The molecule has 1 aromatic heterocycles. The van der Waals surface area contributed by atoms with Crippen molar-refractivity contribution >= 4 is 11.4 Å². The lowest BCUT2D eigenvalue weighted by atomic mass is 10.3. The van der Waals surface area contributed by atoms with Crippen LogP contribution in [0.25, 0.3) is 0 Å². The van der Waals surface area contributed by atoms with Crippen molar-refractivity contribution in [3.05, 3.63) is 18.5 Å². The summed E-state index contributed by atoms with van der Waals surface area (Å²) in [6.07, 6.45) is 4.75. The number of aromatic nitrogens is 1. The molecule has 0 aliphatic rings. The van der Waals surface area contributed by atoms with Gasteiger partial charge in [0, 0.05) is 20.6 Å². The Bertz CT molecular complexity index is 273. The Morgan fingerprint density at radius 1 is 1.29 bits per heavy atom. The fourth-order valence-corrected chi connectivity index (χ4v) is 1.13. The van der Waals surface area contributed by atoms with E-state index in [9.17, 15) is 0 Å². The molecule has 0 saturated heterocycles. The first-order chi connectivity index (χ1) is 6.72. The van der Waals surface area contributed by atoms with Gasteiger partial charge in [0.25, 0.3) is 0 Å². The molecule has 0 atom stereocenters. The lowest BCUT2D eigenvalue weighted by Gasteiger charge is -2.14. The highest BCUT2D eigenvalue weighted by atomic mass is 15.5. The van der Waals surface area contributed by atoms with E-state index in [4.69, 9.17) is 0 Å². The van der Waals surface area contributed by atoms with Crippen molar-refractivity contribution in [3.63, 3.8) is 0 Å². The summed E-state index contributed by atoms with van der Waals surface area (Å²) in [7, 11) is 3.90. The van der Waals surface area contributed by atoms with Gasteiger partial charge in [-0.05, 0) is 12.5 Å². The highest BCUT2D eigenvalue weighted by Crippen LogP contribution is 2.12. The van der Waals surface area contributed by atoms with Crippen molar-refractivity contribution < 1.29 is 0 Å². The molecule has 1 heterocycles. The largest absolute Gasteiger partial charge is 0.384 e. The zero-order valence-electron chi connectivity index (χ0n) is 9.04. The highest BCUT2D eigenvalue weighted by molar-refractivity contribution is 5.53. The summed E-state index contributed by atoms with van der Waals surface area (Å²) in [5.74, 6) is 0. The second-order valence-corrected chi connectivity index (χ2v) is 3.40. The fourth-order valence-electron chi connectivity index (χ4n) is 1.13. The molecule has 0 bridgehead atoms. The number of hydrazine groups is 1. The molecule has 4 nitrogen and oxygen atoms in total. The van der Waals surface area contributed by atoms with E-state index in [1.165, 1.54) is 0 Å². The lowest BCUT2D eigenvalue weighted by Crippen LogP contribution is -2.19. The van der Waals surface area contributed by atoms with Gasteiger partial charge in [0.1, 0.15) is 0 Å². The monoisotopic (exact) mass is 194 g/mol. The Morgan fingerprint density at radius 3 is 2.64 bits per heavy atom. The summed E-state index contributed by atoms with van der Waals surface area (Å²) >= 11 is 0. The predicted molar refractivity (Wildman–Crippen MR) is 60.3 cm³/mol. The maximum Gasteiger partial charge on any atom is 0.0693 e. The standard InChI is InChI=1S/C10H18N4/c1-4-5-12-9-6-10(8-11-7-9)13-14(2)3/h6-8,12-13H,4-5H2,1-3H3. The van der Waals surface area contributed by atoms with E-state index in [0.717, 1.165) is 24.3 Å². The van der Waals surface area contributed by atoms with Crippen LogP contribution < -0.4 is 10.7 Å². The van der Waals surface area contributed by atoms with Crippen LogP contribution in [0, 0.1) is 0 Å². The Labute approximate surface area is 85.3 Å². The van der Waals surface area contributed by atoms with Gasteiger partial charge in [0.2, 0.25) is 0 Å². The van der Waals surface area contributed by atoms with Crippen molar-refractivity contribution in [3.8, 4) is 0 Å². The lowest BCUT2D eigenvalue weighted by molar-refractivity contribution is 0.495. The smallest absolute Gasteiger partial charge is 0.0693 e. The number of hydrogen-bond acceptors (Lipinski definition) is 4. The third-order valence-electron chi connectivity index (χ3n) is 1.67. The summed E-state index contributed by atoms with van der Waals surface area (Å²) < 4.78 is 0. The maximum absolute atomic E-state index is 4.14. The van der Waals surface area contributed by atoms with E-state index >= 15 is 0 Å². The van der Waals surface area contributed by atoms with Crippen LogP contribution in [0.1, 0.15) is 13.3 Å². The molecule has 0 aromatic carbocycles. The van der Waals surface area contributed by atoms with E-state index in [2.05, 4.69) is 22.7 Å². The van der Waals surface area contributed by atoms with E-state index in [0.29, 0.717) is 0 Å². The number of anilines is 2. The molecule has 0 spiro atoms. The highest BCUT2D eigenvalue weighted by Gasteiger charge is 1.96. The van der Waals surface area contributed by atoms with Crippen LogP contribution in [0.3, 0.4) is 0 Å². The van der Waals surface area contributed by atoms with Crippen LogP contribution in [-0.4, -0.2) is 30.6 Å². The van der Waals surface area contributed by atoms with Crippen LogP contribution in [0.2, 0.25) is 0 Å². The molecule has 2 N–H and O–H groups in total. The van der Waals surface area contributed by atoms with Crippen molar-refractivity contribution in [2.24, 2.45) is 0 Å². The molecule has 14 heavy (non-hydrogen) atoms. The first-order valence-corrected chi connectivity index (χ1v) is 4.85. The zero-order chi connectivity index (χ0) is 10.4. The number of nitrogens with zero attached hydrogens (tertiary/aromatic N) is 2. The van der Waals surface area contributed by atoms with Gasteiger partial charge in [0.05, 0.1) is 23.8 Å². The second-order valence-electron chi connectivity index (χ2n) is 3.40. The van der Waals surface area contributed by atoms with Gasteiger partial charge in [0.15, 0.2) is 0 Å². The molecule has 4 heteroatoms. The van der Waals surface area contributed by atoms with Gasteiger partial charge < -0.3 is 10.7 Å². The predicted octanol–water partition coefficient (Wildman–Crippen LogP) is 1.79. The first-order valence-electron chi connectivity index (χ1n) is 4.85. The summed E-state index contributed by atoms with van der Waals surface area (Å²) in [6, 6.07) is 2.04. The Morgan fingerprint density at radius 2 is 2.00 bits per heavy atom. The molecule has 78 valence electrons. The van der Waals surface area contributed by atoms with E-state index < -0.39 is 0 Å². The number of pyridine rings is 1. The van der Waals surface area contributed by atoms with Crippen LogP contribution in [0.4, 0.5) is 11.4 Å². The minimum Gasteiger partial charge on any atom is -0.384 e. The minimum absolute atomic E-state index is 0.979. The molecule has 1 aromatic rings. The second kappa shape index (κ2) is 5.44. The van der Waals surface area contributed by atoms with E-state index in [1.54, 1.807) is 6.20 Å². The maximum atomic E-state index is 4.14. The average Bonchev–Trinajstić information content (AvgIpc) is 2.14. The van der Waals surface area contributed by atoms with Crippen LogP contribution >= 0.6 is 0 Å². The van der Waals surface area contributed by atoms with Crippen molar-refractivity contribution in [2.75, 3.05) is 31.4 Å². The van der Waals surface area contributed by atoms with Gasteiger partial charge in [-0.25, -0.2) is 5.01 Å². The molecular formula is C10H18N4. The third-order valence-corrected chi connectivity index (χ3v) is 1.67. The molecule has 0 aliphatic heterocycles. The molecular weight excluding hydrogens is 176 g/mol. The molecule has 0 radical (unpaired) electrons. The van der Waals surface area contributed by atoms with Crippen LogP contribution in [0.5, 0.6) is 0 Å². The quantitative estimate of drug-likeness (QED) is 0.701. The molecule has 0 amide bonds. The Balaban J connectivity index is 2.59. The topological polar surface area (TPSA) is 40.2 Å². The molecule has 0 unspecified atom stereocenters. The Hall–Kier alpha value is -1.29. The van der Waals surface area contributed by atoms with Crippen LogP contribution in [-0.2, 0) is 0 Å². The molecule has 0 saturated carbocycles. The molecule has 1 rings (SSSR count). The summed E-state index contributed by atoms with van der Waals surface area (Å²) in [5, 5.41) is 5.18. The van der Waals surface area contributed by atoms with Gasteiger partial charge in [-0.3, -0.25) is 4.98 Å². The van der Waals surface area contributed by atoms with Crippen molar-refractivity contribution in [2.45, 2.75) is 13.3 Å². The van der Waals surface area contributed by atoms with Gasteiger partial charge >= 0.3 is 0 Å². The van der Waals surface area contributed by atoms with Crippen molar-refractivity contribution in [1.82, 2.24) is 9.99 Å². The third kappa shape index (κ3) is 3.62. The molecule has 0 fully saturated rings. The van der Waals surface area contributed by atoms with E-state index in [-0.39, 0.29) is 0 Å². The zero-order valence-corrected chi connectivity index (χ0v) is 9.04. The summed E-state index contributed by atoms with van der Waals surface area (Å²) in [5.41, 5.74) is 5.20. The number of hydrogen-bond donors (Lipinski definition) is 2. The van der Waals surface area contributed by atoms with Crippen molar-refractivity contribution in [1.29, 1.82) is 0 Å². The van der Waals surface area contributed by atoms with Crippen LogP contribution in [0.15, 0.2) is 18.5 Å². The Kier molecular flexibility index (Phi) is 4.19. The first kappa shape index (κ1) is 10.8.